The van der Waals surface area contributed by atoms with Crippen LogP contribution in [0.3, 0.4) is 0 Å². The average molecular weight is 355 g/mol. The summed E-state index contributed by atoms with van der Waals surface area (Å²) in [6.07, 6.45) is 6.03. The number of phenolic OH excluding ortho intramolecular Hbond substituents is 2. The van der Waals surface area contributed by atoms with Crippen molar-refractivity contribution in [1.82, 2.24) is 0 Å². The number of aromatic hydroxyl groups is 2. The summed E-state index contributed by atoms with van der Waals surface area (Å²) in [5, 5.41) is 30.4. The fourth-order valence-electron chi connectivity index (χ4n) is 2.10. The third kappa shape index (κ3) is 4.88. The number of hydrogen-bond donors (Lipinski definition) is 4. The van der Waals surface area contributed by atoms with Gasteiger partial charge in [-0.3, -0.25) is 4.79 Å². The molecular weight excluding hydrogens is 338 g/mol. The van der Waals surface area contributed by atoms with Crippen molar-refractivity contribution < 1.29 is 29.6 Å². The normalized spacial score (nSPS) is 11.0. The lowest BCUT2D eigenvalue weighted by atomic mass is 10.1. The minimum atomic E-state index is -1.26. The van der Waals surface area contributed by atoms with Crippen molar-refractivity contribution in [3.05, 3.63) is 65.8 Å². The summed E-state index contributed by atoms with van der Waals surface area (Å²) in [6, 6.07) is 8.45. The number of carboxylic acids is 1. The first-order chi connectivity index (χ1) is 12.4. The summed E-state index contributed by atoms with van der Waals surface area (Å²) in [5.74, 6) is -1.62. The van der Waals surface area contributed by atoms with Gasteiger partial charge in [0.05, 0.1) is 18.4 Å². The minimum Gasteiger partial charge on any atom is -0.508 e. The van der Waals surface area contributed by atoms with Crippen molar-refractivity contribution in [2.45, 2.75) is 0 Å². The largest absolute Gasteiger partial charge is 0.508 e. The number of carbonyl (C=O) groups is 2. The Morgan fingerprint density at radius 2 is 1.85 bits per heavy atom. The number of amides is 1. The van der Waals surface area contributed by atoms with Crippen LogP contribution in [0.4, 0.5) is 5.69 Å². The summed E-state index contributed by atoms with van der Waals surface area (Å²) >= 11 is 0. The Hall–Kier alpha value is -3.74. The maximum atomic E-state index is 11.9. The van der Waals surface area contributed by atoms with E-state index in [1.807, 2.05) is 0 Å². The van der Waals surface area contributed by atoms with Gasteiger partial charge in [-0.2, -0.15) is 0 Å². The van der Waals surface area contributed by atoms with E-state index in [1.54, 1.807) is 24.3 Å². The Bertz CT molecular complexity index is 886. The van der Waals surface area contributed by atoms with Crippen LogP contribution in [-0.4, -0.2) is 34.3 Å². The lowest BCUT2D eigenvalue weighted by molar-refractivity contribution is -0.111. The van der Waals surface area contributed by atoms with Crippen molar-refractivity contribution in [3.63, 3.8) is 0 Å². The summed E-state index contributed by atoms with van der Waals surface area (Å²) in [4.78, 5) is 23.0. The van der Waals surface area contributed by atoms with E-state index in [1.165, 1.54) is 37.5 Å². The molecule has 2 aromatic carbocycles. The molecule has 1 amide bonds. The predicted octanol–water partition coefficient (Wildman–Crippen LogP) is 3.01. The van der Waals surface area contributed by atoms with Gasteiger partial charge in [0.2, 0.25) is 5.91 Å². The molecule has 0 atom stereocenters. The molecule has 0 aliphatic rings. The number of benzene rings is 2. The zero-order chi connectivity index (χ0) is 19.1. The standard InChI is InChI=1S/C19H17NO6/c1-26-17-10-12(6-9-16(17)22)4-2-3-5-18(23)20-15-8-7-13(21)11-14(15)19(24)25/h2-11,21-22H,1H3,(H,20,23)(H,24,25)/b4-2+,5-3+. The van der Waals surface area contributed by atoms with E-state index in [4.69, 9.17) is 9.84 Å². The maximum absolute atomic E-state index is 11.9. The van der Waals surface area contributed by atoms with Crippen molar-refractivity contribution in [3.8, 4) is 17.2 Å². The van der Waals surface area contributed by atoms with Gasteiger partial charge >= 0.3 is 5.97 Å². The molecule has 0 aromatic heterocycles. The van der Waals surface area contributed by atoms with Crippen molar-refractivity contribution in [2.24, 2.45) is 0 Å². The SMILES string of the molecule is COc1cc(/C=C/C=C/C(=O)Nc2ccc(O)cc2C(=O)O)ccc1O. The quantitative estimate of drug-likeness (QED) is 0.360. The lowest BCUT2D eigenvalue weighted by Crippen LogP contribution is -2.11. The Kier molecular flexibility index (Phi) is 6.00. The van der Waals surface area contributed by atoms with Crippen LogP contribution >= 0.6 is 0 Å². The zero-order valence-electron chi connectivity index (χ0n) is 13.8. The van der Waals surface area contributed by atoms with Gasteiger partial charge in [0.1, 0.15) is 5.75 Å². The molecule has 134 valence electrons. The second-order valence-electron chi connectivity index (χ2n) is 5.17. The van der Waals surface area contributed by atoms with Crippen LogP contribution in [0.5, 0.6) is 17.2 Å². The van der Waals surface area contributed by atoms with E-state index in [2.05, 4.69) is 5.32 Å². The van der Waals surface area contributed by atoms with Gasteiger partial charge < -0.3 is 25.4 Å². The number of methoxy groups -OCH3 is 1. The molecule has 0 bridgehead atoms. The number of nitrogens with one attached hydrogen (secondary N) is 1. The number of carbonyl (C=O) groups excluding carboxylic acids is 1. The highest BCUT2D eigenvalue weighted by atomic mass is 16.5. The van der Waals surface area contributed by atoms with Gasteiger partial charge in [0.15, 0.2) is 11.5 Å². The molecule has 4 N–H and O–H groups in total. The van der Waals surface area contributed by atoms with Gasteiger partial charge in [-0.25, -0.2) is 4.79 Å². The van der Waals surface area contributed by atoms with E-state index < -0.39 is 11.9 Å². The maximum Gasteiger partial charge on any atom is 0.337 e. The molecule has 0 heterocycles. The predicted molar refractivity (Wildman–Crippen MR) is 96.5 cm³/mol. The van der Waals surface area contributed by atoms with Crippen LogP contribution in [0.2, 0.25) is 0 Å². The number of rotatable bonds is 6. The van der Waals surface area contributed by atoms with Crippen LogP contribution < -0.4 is 10.1 Å². The van der Waals surface area contributed by atoms with Crippen LogP contribution in [0.15, 0.2) is 54.6 Å². The smallest absolute Gasteiger partial charge is 0.337 e. The first kappa shape index (κ1) is 18.6. The third-order valence-electron chi connectivity index (χ3n) is 3.34. The first-order valence-electron chi connectivity index (χ1n) is 7.49. The molecule has 26 heavy (non-hydrogen) atoms. The van der Waals surface area contributed by atoms with Gasteiger partial charge in [-0.1, -0.05) is 24.3 Å². The summed E-state index contributed by atoms with van der Waals surface area (Å²) in [6.45, 7) is 0. The molecule has 0 aliphatic heterocycles. The average Bonchev–Trinajstić information content (AvgIpc) is 2.61. The first-order valence-corrected chi connectivity index (χ1v) is 7.49. The fourth-order valence-corrected chi connectivity index (χ4v) is 2.10. The molecule has 0 radical (unpaired) electrons. The lowest BCUT2D eigenvalue weighted by Gasteiger charge is -2.06. The highest BCUT2D eigenvalue weighted by molar-refractivity contribution is 6.04. The second-order valence-corrected chi connectivity index (χ2v) is 5.17. The van der Waals surface area contributed by atoms with Crippen LogP contribution in [0, 0.1) is 0 Å². The van der Waals surface area contributed by atoms with E-state index in [9.17, 15) is 19.8 Å². The van der Waals surface area contributed by atoms with Gasteiger partial charge in [-0.05, 0) is 35.9 Å². The van der Waals surface area contributed by atoms with Gasteiger partial charge in [-0.15, -0.1) is 0 Å². The molecule has 0 unspecified atom stereocenters. The van der Waals surface area contributed by atoms with Crippen molar-refractivity contribution >= 4 is 23.6 Å². The van der Waals surface area contributed by atoms with E-state index in [0.717, 1.165) is 11.6 Å². The third-order valence-corrected chi connectivity index (χ3v) is 3.34. The number of carboxylic acid groups (broad SMARTS) is 1. The number of phenols is 2. The Morgan fingerprint density at radius 1 is 1.08 bits per heavy atom. The van der Waals surface area contributed by atoms with Gasteiger partial charge in [0, 0.05) is 6.08 Å². The number of ether oxygens (including phenoxy) is 1. The molecule has 0 saturated carbocycles. The van der Waals surface area contributed by atoms with Crippen molar-refractivity contribution in [1.29, 1.82) is 0 Å². The van der Waals surface area contributed by atoms with Crippen molar-refractivity contribution in [2.75, 3.05) is 12.4 Å². The molecule has 0 saturated heterocycles. The molecule has 7 nitrogen and oxygen atoms in total. The molecular formula is C19H17NO6. The molecule has 0 spiro atoms. The van der Waals surface area contributed by atoms with E-state index in [-0.39, 0.29) is 22.7 Å². The number of aromatic carboxylic acids is 1. The molecule has 7 heteroatoms. The summed E-state index contributed by atoms with van der Waals surface area (Å²) in [7, 11) is 1.45. The van der Waals surface area contributed by atoms with E-state index in [0.29, 0.717) is 5.75 Å². The Balaban J connectivity index is 2.03. The molecule has 0 aliphatic carbocycles. The zero-order valence-corrected chi connectivity index (χ0v) is 13.8. The van der Waals surface area contributed by atoms with E-state index >= 15 is 0 Å². The Morgan fingerprint density at radius 3 is 2.54 bits per heavy atom. The number of anilines is 1. The van der Waals surface area contributed by atoms with Crippen LogP contribution in [0.1, 0.15) is 15.9 Å². The monoisotopic (exact) mass is 355 g/mol. The van der Waals surface area contributed by atoms with Crippen LogP contribution in [-0.2, 0) is 4.79 Å². The molecule has 2 aromatic rings. The highest BCUT2D eigenvalue weighted by Gasteiger charge is 2.12. The fraction of sp³-hybridized carbons (Fsp3) is 0.0526. The highest BCUT2D eigenvalue weighted by Crippen LogP contribution is 2.26. The summed E-state index contributed by atoms with van der Waals surface area (Å²) in [5.41, 5.74) is 0.632. The topological polar surface area (TPSA) is 116 Å². The number of allylic oxidation sites excluding steroid dienone is 2. The molecule has 0 fully saturated rings. The Labute approximate surface area is 149 Å². The second kappa shape index (κ2) is 8.39. The molecule has 2 rings (SSSR count). The summed E-state index contributed by atoms with van der Waals surface area (Å²) < 4.78 is 5.00. The number of hydrogen-bond acceptors (Lipinski definition) is 5. The minimum absolute atomic E-state index is 0.0303. The van der Waals surface area contributed by atoms with Crippen LogP contribution in [0.25, 0.3) is 6.08 Å². The van der Waals surface area contributed by atoms with Gasteiger partial charge in [0.25, 0.3) is 0 Å².